The molecule has 3 aromatic heterocycles. The first-order valence-corrected chi connectivity index (χ1v) is 8.29. The molecule has 0 unspecified atom stereocenters. The molecule has 0 aliphatic carbocycles. The zero-order valence-corrected chi connectivity index (χ0v) is 14.8. The molecule has 25 heavy (non-hydrogen) atoms. The van der Waals surface area contributed by atoms with Gasteiger partial charge in [0, 0.05) is 41.3 Å². The molecule has 0 saturated heterocycles. The van der Waals surface area contributed by atoms with Crippen molar-refractivity contribution in [1.82, 2.24) is 19.5 Å². The van der Waals surface area contributed by atoms with Crippen molar-refractivity contribution in [2.75, 3.05) is 0 Å². The zero-order valence-electron chi connectivity index (χ0n) is 14.8. The molecule has 3 heterocycles. The number of H-pyrrole nitrogens is 1. The lowest BCUT2D eigenvalue weighted by molar-refractivity contribution is 0.0860. The Hall–Kier alpha value is -2.95. The highest BCUT2D eigenvalue weighted by atomic mass is 16.1. The number of nitrogens with zero attached hydrogens (tertiary/aromatic N) is 3. The predicted molar refractivity (Wildman–Crippen MR) is 99.6 cm³/mol. The first-order chi connectivity index (χ1) is 11.9. The first kappa shape index (κ1) is 15.6. The fraction of sp³-hybridized carbons (Fsp3) is 0.250. The number of para-hydroxylation sites is 1. The fourth-order valence-corrected chi connectivity index (χ4v) is 3.12. The summed E-state index contributed by atoms with van der Waals surface area (Å²) in [6.45, 7) is 5.77. The van der Waals surface area contributed by atoms with Crippen LogP contribution in [0.5, 0.6) is 0 Å². The van der Waals surface area contributed by atoms with Crippen molar-refractivity contribution >= 4 is 27.9 Å². The topological polar surface area (TPSA) is 63.6 Å². The van der Waals surface area contributed by atoms with Gasteiger partial charge in [0.2, 0.25) is 0 Å². The Morgan fingerprint density at radius 1 is 1.20 bits per heavy atom. The zero-order chi connectivity index (χ0) is 17.8. The lowest BCUT2D eigenvalue weighted by Gasteiger charge is -2.15. The molecule has 5 heteroatoms. The highest BCUT2D eigenvalue weighted by Gasteiger charge is 2.27. The van der Waals surface area contributed by atoms with Crippen LogP contribution in [0, 0.1) is 5.41 Å². The second-order valence-corrected chi connectivity index (χ2v) is 7.41. The molecule has 0 radical (unpaired) electrons. The van der Waals surface area contributed by atoms with Crippen molar-refractivity contribution in [3.05, 3.63) is 48.4 Å². The minimum absolute atomic E-state index is 0.0727. The summed E-state index contributed by atoms with van der Waals surface area (Å²) in [5, 5.41) is 1.09. The van der Waals surface area contributed by atoms with Crippen molar-refractivity contribution in [3.8, 4) is 11.3 Å². The molecule has 0 spiro atoms. The number of carbonyl (C=O) groups is 1. The van der Waals surface area contributed by atoms with Crippen molar-refractivity contribution in [3.63, 3.8) is 0 Å². The first-order valence-electron chi connectivity index (χ1n) is 8.29. The monoisotopic (exact) mass is 332 g/mol. The molecule has 0 aliphatic rings. The largest absolute Gasteiger partial charge is 0.360 e. The quantitative estimate of drug-likeness (QED) is 0.555. The van der Waals surface area contributed by atoms with E-state index >= 15 is 0 Å². The van der Waals surface area contributed by atoms with Gasteiger partial charge in [-0.1, -0.05) is 39.0 Å². The molecule has 126 valence electrons. The lowest BCUT2D eigenvalue weighted by Crippen LogP contribution is -2.20. The molecular weight excluding hydrogens is 312 g/mol. The van der Waals surface area contributed by atoms with Gasteiger partial charge in [-0.2, -0.15) is 0 Å². The van der Waals surface area contributed by atoms with E-state index in [0.717, 1.165) is 27.8 Å². The molecule has 4 rings (SSSR count). The smallest absolute Gasteiger partial charge is 0.171 e. The molecule has 0 saturated carbocycles. The summed E-state index contributed by atoms with van der Waals surface area (Å²) >= 11 is 0. The van der Waals surface area contributed by atoms with Crippen LogP contribution in [0.2, 0.25) is 0 Å². The summed E-state index contributed by atoms with van der Waals surface area (Å²) < 4.78 is 1.86. The van der Waals surface area contributed by atoms with Gasteiger partial charge in [-0.15, -0.1) is 0 Å². The number of benzene rings is 1. The van der Waals surface area contributed by atoms with Gasteiger partial charge in [0.25, 0.3) is 0 Å². The molecule has 0 aliphatic heterocycles. The van der Waals surface area contributed by atoms with Crippen molar-refractivity contribution in [2.45, 2.75) is 20.8 Å². The van der Waals surface area contributed by atoms with Gasteiger partial charge in [-0.05, 0) is 6.07 Å². The predicted octanol–water partition coefficient (Wildman–Crippen LogP) is 4.35. The summed E-state index contributed by atoms with van der Waals surface area (Å²) in [5.41, 5.74) is 4.34. The molecular formula is C20H20N4O. The second-order valence-electron chi connectivity index (χ2n) is 7.41. The Balaban J connectivity index is 1.95. The van der Waals surface area contributed by atoms with E-state index in [1.807, 2.05) is 63.0 Å². The van der Waals surface area contributed by atoms with E-state index in [2.05, 4.69) is 16.0 Å². The van der Waals surface area contributed by atoms with Gasteiger partial charge in [-0.3, -0.25) is 4.79 Å². The Labute approximate surface area is 145 Å². The summed E-state index contributed by atoms with van der Waals surface area (Å²) in [4.78, 5) is 25.4. The Bertz CT molecular complexity index is 1110. The number of nitrogens with one attached hydrogen (secondary N) is 1. The van der Waals surface area contributed by atoms with Crippen LogP contribution in [0.3, 0.4) is 0 Å². The number of aromatic amines is 1. The average Bonchev–Trinajstić information content (AvgIpc) is 3.14. The van der Waals surface area contributed by atoms with E-state index in [9.17, 15) is 4.79 Å². The SMILES string of the molecule is Cn1cc(C(=O)C(C)(C)C)c2nc(-c3c[nH]c4ccccc34)cnc21. The number of rotatable bonds is 2. The standard InChI is InChI=1S/C20H20N4O/c1-20(2,3)18(25)14-11-24(4)19-17(14)23-16(10-22-19)13-9-21-15-8-6-5-7-12(13)15/h5-11,21H,1-4H3. The normalized spacial score (nSPS) is 12.2. The maximum absolute atomic E-state index is 12.8. The van der Waals surface area contributed by atoms with E-state index in [0.29, 0.717) is 11.1 Å². The summed E-state index contributed by atoms with van der Waals surface area (Å²) in [6, 6.07) is 8.08. The Morgan fingerprint density at radius 2 is 1.96 bits per heavy atom. The molecule has 1 N–H and O–H groups in total. The number of Topliss-reactive ketones (excluding diaryl/α,β-unsaturated/α-hetero) is 1. The van der Waals surface area contributed by atoms with Crippen LogP contribution in [0.4, 0.5) is 0 Å². The van der Waals surface area contributed by atoms with Crippen LogP contribution in [0.25, 0.3) is 33.3 Å². The number of fused-ring (bicyclic) bond motifs is 2. The minimum atomic E-state index is -0.466. The van der Waals surface area contributed by atoms with Crippen molar-refractivity contribution in [1.29, 1.82) is 0 Å². The lowest BCUT2D eigenvalue weighted by atomic mass is 9.87. The molecule has 1 aromatic carbocycles. The van der Waals surface area contributed by atoms with Crippen LogP contribution in [0.1, 0.15) is 31.1 Å². The van der Waals surface area contributed by atoms with Gasteiger partial charge in [0.05, 0.1) is 17.5 Å². The third-order valence-electron chi connectivity index (χ3n) is 4.46. The fourth-order valence-electron chi connectivity index (χ4n) is 3.12. The number of hydrogen-bond donors (Lipinski definition) is 1. The number of carbonyl (C=O) groups excluding carboxylic acids is 1. The van der Waals surface area contributed by atoms with Gasteiger partial charge < -0.3 is 9.55 Å². The van der Waals surface area contributed by atoms with Gasteiger partial charge in [0.1, 0.15) is 5.52 Å². The van der Waals surface area contributed by atoms with Crippen LogP contribution in [-0.4, -0.2) is 25.3 Å². The van der Waals surface area contributed by atoms with Crippen LogP contribution in [-0.2, 0) is 7.05 Å². The van der Waals surface area contributed by atoms with E-state index in [1.54, 1.807) is 6.20 Å². The van der Waals surface area contributed by atoms with Crippen molar-refractivity contribution in [2.24, 2.45) is 12.5 Å². The third kappa shape index (κ3) is 2.43. The van der Waals surface area contributed by atoms with E-state index in [1.165, 1.54) is 0 Å². The summed E-state index contributed by atoms with van der Waals surface area (Å²) in [6.07, 6.45) is 5.54. The average molecular weight is 332 g/mol. The highest BCUT2D eigenvalue weighted by molar-refractivity contribution is 6.09. The molecule has 0 atom stereocenters. The number of hydrogen-bond acceptors (Lipinski definition) is 3. The maximum Gasteiger partial charge on any atom is 0.171 e. The summed E-state index contributed by atoms with van der Waals surface area (Å²) in [5.74, 6) is 0.0727. The van der Waals surface area contributed by atoms with E-state index < -0.39 is 5.41 Å². The van der Waals surface area contributed by atoms with Gasteiger partial charge in [-0.25, -0.2) is 9.97 Å². The number of ketones is 1. The van der Waals surface area contributed by atoms with Crippen LogP contribution >= 0.6 is 0 Å². The molecule has 0 bridgehead atoms. The van der Waals surface area contributed by atoms with E-state index in [4.69, 9.17) is 4.98 Å². The maximum atomic E-state index is 12.8. The van der Waals surface area contributed by atoms with Crippen LogP contribution in [0.15, 0.2) is 42.9 Å². The molecule has 4 aromatic rings. The molecule has 0 fully saturated rings. The Kier molecular flexibility index (Phi) is 3.29. The summed E-state index contributed by atoms with van der Waals surface area (Å²) in [7, 11) is 1.89. The van der Waals surface area contributed by atoms with Gasteiger partial charge in [0.15, 0.2) is 11.4 Å². The van der Waals surface area contributed by atoms with Crippen LogP contribution < -0.4 is 0 Å². The molecule has 5 nitrogen and oxygen atoms in total. The molecule has 0 amide bonds. The third-order valence-corrected chi connectivity index (χ3v) is 4.46. The Morgan fingerprint density at radius 3 is 2.72 bits per heavy atom. The van der Waals surface area contributed by atoms with E-state index in [-0.39, 0.29) is 5.78 Å². The van der Waals surface area contributed by atoms with Gasteiger partial charge >= 0.3 is 0 Å². The minimum Gasteiger partial charge on any atom is -0.360 e. The van der Waals surface area contributed by atoms with Crippen molar-refractivity contribution < 1.29 is 4.79 Å². The highest BCUT2D eigenvalue weighted by Crippen LogP contribution is 2.30. The number of aryl methyl sites for hydroxylation is 1. The second kappa shape index (κ2) is 5.28. The number of aromatic nitrogens is 4.